The van der Waals surface area contributed by atoms with Gasteiger partial charge in [-0.1, -0.05) is 30.3 Å². The Morgan fingerprint density at radius 2 is 1.97 bits per heavy atom. The highest BCUT2D eigenvalue weighted by atomic mass is 16.1. The number of aromatic nitrogens is 3. The van der Waals surface area contributed by atoms with Crippen LogP contribution in [0.15, 0.2) is 36.7 Å². The molecule has 1 unspecified atom stereocenters. The third kappa shape index (κ3) is 5.64. The summed E-state index contributed by atoms with van der Waals surface area (Å²) in [5, 5.41) is 9.62. The van der Waals surface area contributed by atoms with Crippen molar-refractivity contribution >= 4 is 5.91 Å². The van der Waals surface area contributed by atoms with Gasteiger partial charge in [0.25, 0.3) is 0 Å². The number of H-pyrrole nitrogens is 1. The lowest BCUT2D eigenvalue weighted by Gasteiger charge is -2.42. The first-order chi connectivity index (χ1) is 14.3. The Kier molecular flexibility index (Phi) is 6.90. The number of rotatable bonds is 7. The fourth-order valence-corrected chi connectivity index (χ4v) is 4.62. The second-order valence-corrected chi connectivity index (χ2v) is 8.29. The van der Waals surface area contributed by atoms with E-state index in [0.717, 1.165) is 52.0 Å². The van der Waals surface area contributed by atoms with Crippen molar-refractivity contribution in [1.29, 1.82) is 0 Å². The molecular formula is C22H32N6O. The third-order valence-electron chi connectivity index (χ3n) is 6.35. The summed E-state index contributed by atoms with van der Waals surface area (Å²) in [5.74, 6) is 0.933. The van der Waals surface area contributed by atoms with Gasteiger partial charge in [-0.05, 0) is 57.3 Å². The summed E-state index contributed by atoms with van der Waals surface area (Å²) in [6, 6.07) is 11.4. The van der Waals surface area contributed by atoms with Crippen LogP contribution < -0.4 is 5.32 Å². The van der Waals surface area contributed by atoms with Crippen LogP contribution in [0.25, 0.3) is 0 Å². The molecule has 2 aliphatic heterocycles. The number of piperidine rings is 2. The highest BCUT2D eigenvalue weighted by Gasteiger charge is 2.31. The van der Waals surface area contributed by atoms with Crippen LogP contribution in [0.4, 0.5) is 0 Å². The fraction of sp³-hybridized carbons (Fsp3) is 0.591. The summed E-state index contributed by atoms with van der Waals surface area (Å²) in [7, 11) is 0. The van der Waals surface area contributed by atoms with Crippen molar-refractivity contribution < 1.29 is 4.79 Å². The first-order valence-electron chi connectivity index (χ1n) is 10.9. The highest BCUT2D eigenvalue weighted by Crippen LogP contribution is 2.24. The Balaban J connectivity index is 1.19. The molecule has 4 rings (SSSR count). The summed E-state index contributed by atoms with van der Waals surface area (Å²) in [6.07, 6.45) is 7.10. The SMILES string of the molecule is O=C(NCc1ncn[nH]1)C1CCCN(C2CCN(CCc3ccccc3)CC2)C1. The van der Waals surface area contributed by atoms with Gasteiger partial charge in [-0.15, -0.1) is 0 Å². The van der Waals surface area contributed by atoms with Crippen LogP contribution in [0.3, 0.4) is 0 Å². The summed E-state index contributed by atoms with van der Waals surface area (Å²) in [6.45, 7) is 5.91. The number of amides is 1. The van der Waals surface area contributed by atoms with E-state index < -0.39 is 0 Å². The minimum absolute atomic E-state index is 0.0859. The number of benzene rings is 1. The van der Waals surface area contributed by atoms with Gasteiger partial charge in [-0.25, -0.2) is 4.98 Å². The van der Waals surface area contributed by atoms with E-state index in [4.69, 9.17) is 0 Å². The summed E-state index contributed by atoms with van der Waals surface area (Å²) < 4.78 is 0. The van der Waals surface area contributed by atoms with Gasteiger partial charge in [-0.2, -0.15) is 5.10 Å². The molecule has 1 aromatic heterocycles. The molecule has 0 radical (unpaired) electrons. The molecule has 0 bridgehead atoms. The van der Waals surface area contributed by atoms with Crippen LogP contribution in [-0.4, -0.2) is 69.7 Å². The number of carbonyl (C=O) groups is 1. The molecule has 2 N–H and O–H groups in total. The zero-order valence-corrected chi connectivity index (χ0v) is 17.1. The number of likely N-dealkylation sites (tertiary alicyclic amines) is 2. The van der Waals surface area contributed by atoms with E-state index in [-0.39, 0.29) is 11.8 Å². The van der Waals surface area contributed by atoms with Gasteiger partial charge in [0, 0.05) is 19.1 Å². The largest absolute Gasteiger partial charge is 0.349 e. The van der Waals surface area contributed by atoms with Gasteiger partial charge in [-0.3, -0.25) is 14.8 Å². The molecule has 2 aliphatic rings. The smallest absolute Gasteiger partial charge is 0.224 e. The minimum Gasteiger partial charge on any atom is -0.349 e. The predicted octanol–water partition coefficient (Wildman–Crippen LogP) is 1.84. The Bertz CT molecular complexity index is 742. The van der Waals surface area contributed by atoms with Crippen LogP contribution in [0.2, 0.25) is 0 Å². The molecule has 1 aromatic carbocycles. The molecule has 2 fully saturated rings. The lowest BCUT2D eigenvalue weighted by molar-refractivity contribution is -0.127. The van der Waals surface area contributed by atoms with E-state index in [0.29, 0.717) is 18.4 Å². The van der Waals surface area contributed by atoms with Crippen LogP contribution >= 0.6 is 0 Å². The number of carbonyl (C=O) groups excluding carboxylic acids is 1. The monoisotopic (exact) mass is 396 g/mol. The Hall–Kier alpha value is -2.25. The van der Waals surface area contributed by atoms with Crippen molar-refractivity contribution in [3.8, 4) is 0 Å². The Labute approximate surface area is 172 Å². The molecule has 0 spiro atoms. The molecule has 2 saturated heterocycles. The van der Waals surface area contributed by atoms with Crippen molar-refractivity contribution in [2.45, 2.75) is 44.7 Å². The number of hydrogen-bond acceptors (Lipinski definition) is 5. The van der Waals surface area contributed by atoms with Gasteiger partial charge in [0.1, 0.15) is 12.2 Å². The lowest BCUT2D eigenvalue weighted by Crippen LogP contribution is -2.50. The highest BCUT2D eigenvalue weighted by molar-refractivity contribution is 5.78. The quantitative estimate of drug-likeness (QED) is 0.747. The second-order valence-electron chi connectivity index (χ2n) is 8.29. The fourth-order valence-electron chi connectivity index (χ4n) is 4.62. The molecule has 7 nitrogen and oxygen atoms in total. The van der Waals surface area contributed by atoms with Gasteiger partial charge >= 0.3 is 0 Å². The van der Waals surface area contributed by atoms with Crippen molar-refractivity contribution in [1.82, 2.24) is 30.3 Å². The van der Waals surface area contributed by atoms with E-state index in [1.807, 2.05) is 0 Å². The zero-order chi connectivity index (χ0) is 19.9. The van der Waals surface area contributed by atoms with Crippen LogP contribution in [0.1, 0.15) is 37.1 Å². The predicted molar refractivity (Wildman–Crippen MR) is 112 cm³/mol. The Morgan fingerprint density at radius 3 is 2.72 bits per heavy atom. The van der Waals surface area contributed by atoms with Gasteiger partial charge in [0.05, 0.1) is 12.5 Å². The molecule has 3 heterocycles. The van der Waals surface area contributed by atoms with Gasteiger partial charge in [0.2, 0.25) is 5.91 Å². The number of nitrogens with one attached hydrogen (secondary N) is 2. The molecule has 2 aromatic rings. The average Bonchev–Trinajstić information content (AvgIpc) is 3.31. The van der Waals surface area contributed by atoms with Gasteiger partial charge < -0.3 is 10.2 Å². The first kappa shape index (κ1) is 20.0. The van der Waals surface area contributed by atoms with E-state index in [1.165, 1.54) is 24.7 Å². The number of nitrogens with zero attached hydrogens (tertiary/aromatic N) is 4. The first-order valence-corrected chi connectivity index (χ1v) is 10.9. The molecule has 1 atom stereocenters. The molecule has 0 aliphatic carbocycles. The molecule has 156 valence electrons. The van der Waals surface area contributed by atoms with Crippen molar-refractivity contribution in [2.75, 3.05) is 32.7 Å². The van der Waals surface area contributed by atoms with Crippen molar-refractivity contribution in [3.05, 3.63) is 48.0 Å². The molecule has 7 heteroatoms. The third-order valence-corrected chi connectivity index (χ3v) is 6.35. The van der Waals surface area contributed by atoms with Crippen molar-refractivity contribution in [3.63, 3.8) is 0 Å². The molecular weight excluding hydrogens is 364 g/mol. The maximum atomic E-state index is 12.6. The van der Waals surface area contributed by atoms with Crippen molar-refractivity contribution in [2.24, 2.45) is 5.92 Å². The summed E-state index contributed by atoms with van der Waals surface area (Å²) in [5.41, 5.74) is 1.42. The normalized spacial score (nSPS) is 21.9. The van der Waals surface area contributed by atoms with Crippen LogP contribution in [0.5, 0.6) is 0 Å². The average molecular weight is 397 g/mol. The lowest BCUT2D eigenvalue weighted by atomic mass is 9.93. The van der Waals surface area contributed by atoms with Crippen LogP contribution in [-0.2, 0) is 17.8 Å². The summed E-state index contributed by atoms with van der Waals surface area (Å²) >= 11 is 0. The molecule has 1 amide bonds. The maximum Gasteiger partial charge on any atom is 0.224 e. The standard InChI is InChI=1S/C22H32N6O/c29-22(23-15-21-24-17-25-26-21)19-7-4-11-28(16-19)20-9-13-27(14-10-20)12-8-18-5-2-1-3-6-18/h1-3,5-6,17,19-20H,4,7-16H2,(H,23,29)(H,24,25,26). The van der Waals surface area contributed by atoms with E-state index in [1.54, 1.807) is 0 Å². The number of aromatic amines is 1. The topological polar surface area (TPSA) is 77.1 Å². The van der Waals surface area contributed by atoms with E-state index >= 15 is 0 Å². The maximum absolute atomic E-state index is 12.6. The zero-order valence-electron chi connectivity index (χ0n) is 17.1. The number of hydrogen-bond donors (Lipinski definition) is 2. The van der Waals surface area contributed by atoms with Crippen LogP contribution in [0, 0.1) is 5.92 Å². The van der Waals surface area contributed by atoms with E-state index in [9.17, 15) is 4.79 Å². The second kappa shape index (κ2) is 9.98. The molecule has 29 heavy (non-hydrogen) atoms. The van der Waals surface area contributed by atoms with E-state index in [2.05, 4.69) is 60.6 Å². The van der Waals surface area contributed by atoms with Gasteiger partial charge in [0.15, 0.2) is 0 Å². The molecule has 0 saturated carbocycles. The summed E-state index contributed by atoms with van der Waals surface area (Å²) in [4.78, 5) is 21.8. The Morgan fingerprint density at radius 1 is 1.14 bits per heavy atom. The minimum atomic E-state index is 0.0859.